The molecule has 1 aromatic carbocycles. The van der Waals surface area contributed by atoms with Gasteiger partial charge in [-0.05, 0) is 82.1 Å². The molecule has 3 aromatic rings. The number of likely N-dealkylation sites (tertiary alicyclic amines) is 1. The van der Waals surface area contributed by atoms with Gasteiger partial charge in [-0.3, -0.25) is 14.6 Å². The van der Waals surface area contributed by atoms with Crippen LogP contribution in [0.1, 0.15) is 101 Å². The van der Waals surface area contributed by atoms with Crippen molar-refractivity contribution in [3.63, 3.8) is 0 Å². The van der Waals surface area contributed by atoms with Gasteiger partial charge in [0.15, 0.2) is 5.76 Å². The van der Waals surface area contributed by atoms with Crippen molar-refractivity contribution in [2.45, 2.75) is 89.5 Å². The third-order valence-corrected chi connectivity index (χ3v) is 9.75. The van der Waals surface area contributed by atoms with Crippen LogP contribution >= 0.6 is 0 Å². The van der Waals surface area contributed by atoms with E-state index in [0.29, 0.717) is 36.2 Å². The number of Topliss-reactive ketones (excluding diaryl/α,β-unsaturated/α-hetero) is 1. The molecule has 42 heavy (non-hydrogen) atoms. The molecular formula is C35H44N4O3. The van der Waals surface area contributed by atoms with Gasteiger partial charge in [-0.1, -0.05) is 50.1 Å². The molecule has 2 aromatic heterocycles. The number of carbonyl (C=O) groups excluding carboxylic acids is 2. The van der Waals surface area contributed by atoms with Gasteiger partial charge in [0.05, 0.1) is 6.20 Å². The van der Waals surface area contributed by atoms with Crippen LogP contribution < -0.4 is 5.32 Å². The first-order chi connectivity index (χ1) is 20.4. The number of nitrogens with zero attached hydrogens (tertiary/aromatic N) is 3. The van der Waals surface area contributed by atoms with Crippen molar-refractivity contribution in [3.05, 3.63) is 60.4 Å². The standard InChI is InChI=1S/C35H44N4O3/c1-3-28(40)7-5-4-6-8-31(38-33(41)29-21-35(29)17-19-39(2)20-18-35)34-37-23-32(42-34)26-13-9-24(10-14-26)27-15-16-30(36-22-27)25-11-12-25/h9-10,13-16,22-23,25,29,31H,3-8,11-12,17-21H2,1-2H3,(H,38,41)/t29-,31+/m1/s1. The highest BCUT2D eigenvalue weighted by Gasteiger charge is 2.58. The Labute approximate surface area is 249 Å². The molecule has 2 saturated carbocycles. The monoisotopic (exact) mass is 568 g/mol. The largest absolute Gasteiger partial charge is 0.438 e. The fraction of sp³-hybridized carbons (Fsp3) is 0.543. The summed E-state index contributed by atoms with van der Waals surface area (Å²) in [7, 11) is 2.16. The normalized spacial score (nSPS) is 20.4. The van der Waals surface area contributed by atoms with Crippen molar-refractivity contribution in [1.29, 1.82) is 0 Å². The van der Waals surface area contributed by atoms with Crippen LogP contribution in [0.25, 0.3) is 22.5 Å². The Balaban J connectivity index is 1.11. The first kappa shape index (κ1) is 28.8. The van der Waals surface area contributed by atoms with E-state index in [1.54, 1.807) is 6.20 Å². The molecule has 3 fully saturated rings. The maximum Gasteiger partial charge on any atom is 0.224 e. The Hall–Kier alpha value is -3.32. The highest BCUT2D eigenvalue weighted by atomic mass is 16.4. The maximum absolute atomic E-state index is 13.4. The number of pyridine rings is 1. The van der Waals surface area contributed by atoms with Crippen LogP contribution in [0.5, 0.6) is 0 Å². The van der Waals surface area contributed by atoms with Gasteiger partial charge in [-0.15, -0.1) is 0 Å². The quantitative estimate of drug-likeness (QED) is 0.221. The molecule has 7 heteroatoms. The average molecular weight is 569 g/mol. The number of benzene rings is 1. The molecule has 1 N–H and O–H groups in total. The molecule has 1 amide bonds. The number of rotatable bonds is 13. The first-order valence-electron chi connectivity index (χ1n) is 16.0. The smallest absolute Gasteiger partial charge is 0.224 e. The molecule has 3 aliphatic rings. The van der Waals surface area contributed by atoms with E-state index in [4.69, 9.17) is 4.42 Å². The van der Waals surface area contributed by atoms with Gasteiger partial charge in [0, 0.05) is 47.7 Å². The van der Waals surface area contributed by atoms with Crippen LogP contribution in [0, 0.1) is 11.3 Å². The Morgan fingerprint density at radius 2 is 1.71 bits per heavy atom. The molecule has 0 bridgehead atoms. The fourth-order valence-electron chi connectivity index (χ4n) is 6.49. The summed E-state index contributed by atoms with van der Waals surface area (Å²) in [5.74, 6) is 2.45. The number of hydrogen-bond donors (Lipinski definition) is 1. The Morgan fingerprint density at radius 3 is 2.40 bits per heavy atom. The predicted octanol–water partition coefficient (Wildman–Crippen LogP) is 7.10. The number of nitrogens with one attached hydrogen (secondary N) is 1. The number of oxazole rings is 1. The minimum Gasteiger partial charge on any atom is -0.438 e. The lowest BCUT2D eigenvalue weighted by atomic mass is 9.91. The van der Waals surface area contributed by atoms with Crippen molar-refractivity contribution in [1.82, 2.24) is 20.2 Å². The third kappa shape index (κ3) is 6.67. The second kappa shape index (κ2) is 12.5. The lowest BCUT2D eigenvalue weighted by molar-refractivity contribution is -0.124. The maximum atomic E-state index is 13.4. The van der Waals surface area contributed by atoms with Gasteiger partial charge < -0.3 is 14.6 Å². The minimum atomic E-state index is -0.271. The van der Waals surface area contributed by atoms with Crippen molar-refractivity contribution in [3.8, 4) is 22.5 Å². The van der Waals surface area contributed by atoms with E-state index in [0.717, 1.165) is 74.7 Å². The lowest BCUT2D eigenvalue weighted by Gasteiger charge is -2.30. The Kier molecular flexibility index (Phi) is 8.57. The van der Waals surface area contributed by atoms with E-state index in [1.165, 1.54) is 18.5 Å². The van der Waals surface area contributed by atoms with E-state index in [2.05, 4.69) is 63.6 Å². The minimum absolute atomic E-state index is 0.0886. The molecular weight excluding hydrogens is 524 g/mol. The highest BCUT2D eigenvalue weighted by molar-refractivity contribution is 5.83. The SMILES string of the molecule is CCC(=O)CCCCC[C@H](NC(=O)[C@H]1CC12CCN(C)CC2)c1ncc(-c2ccc(-c3ccc(C4CC4)nc3)cc2)o1. The number of piperidine rings is 1. The van der Waals surface area contributed by atoms with Gasteiger partial charge in [0.1, 0.15) is 11.8 Å². The van der Waals surface area contributed by atoms with Gasteiger partial charge in [0.25, 0.3) is 0 Å². The molecule has 0 unspecified atom stereocenters. The average Bonchev–Trinajstić information content (AvgIpc) is 3.94. The zero-order valence-electron chi connectivity index (χ0n) is 25.1. The van der Waals surface area contributed by atoms with E-state index in [9.17, 15) is 9.59 Å². The Bertz CT molecular complexity index is 1370. The van der Waals surface area contributed by atoms with Crippen molar-refractivity contribution in [2.75, 3.05) is 20.1 Å². The van der Waals surface area contributed by atoms with E-state index in [-0.39, 0.29) is 23.3 Å². The number of carbonyl (C=O) groups is 2. The molecule has 2 atom stereocenters. The van der Waals surface area contributed by atoms with Crippen LogP contribution in [0.2, 0.25) is 0 Å². The molecule has 6 rings (SSSR count). The van der Waals surface area contributed by atoms with Crippen LogP contribution in [-0.4, -0.2) is 46.7 Å². The van der Waals surface area contributed by atoms with Crippen molar-refractivity contribution < 1.29 is 14.0 Å². The van der Waals surface area contributed by atoms with Crippen LogP contribution in [0.15, 0.2) is 53.2 Å². The van der Waals surface area contributed by atoms with Crippen LogP contribution in [0.4, 0.5) is 0 Å². The van der Waals surface area contributed by atoms with E-state index >= 15 is 0 Å². The summed E-state index contributed by atoms with van der Waals surface area (Å²) in [6.45, 7) is 4.04. The molecule has 3 heterocycles. The molecule has 1 aliphatic heterocycles. The molecule has 7 nitrogen and oxygen atoms in total. The molecule has 222 valence electrons. The molecule has 2 aliphatic carbocycles. The van der Waals surface area contributed by atoms with Crippen molar-refractivity contribution in [2.24, 2.45) is 11.3 Å². The number of amides is 1. The fourth-order valence-corrected chi connectivity index (χ4v) is 6.49. The topological polar surface area (TPSA) is 88.3 Å². The summed E-state index contributed by atoms with van der Waals surface area (Å²) < 4.78 is 6.29. The summed E-state index contributed by atoms with van der Waals surface area (Å²) in [5.41, 5.74) is 4.56. The lowest BCUT2D eigenvalue weighted by Crippen LogP contribution is -2.36. The van der Waals surface area contributed by atoms with Gasteiger partial charge in [-0.2, -0.15) is 0 Å². The zero-order valence-corrected chi connectivity index (χ0v) is 25.1. The Morgan fingerprint density at radius 1 is 0.976 bits per heavy atom. The summed E-state index contributed by atoms with van der Waals surface area (Å²) in [4.78, 5) is 36.8. The summed E-state index contributed by atoms with van der Waals surface area (Å²) >= 11 is 0. The zero-order chi connectivity index (χ0) is 29.1. The number of ketones is 1. The number of hydrogen-bond acceptors (Lipinski definition) is 6. The van der Waals surface area contributed by atoms with E-state index < -0.39 is 0 Å². The second-order valence-electron chi connectivity index (χ2n) is 12.9. The van der Waals surface area contributed by atoms with Crippen molar-refractivity contribution >= 4 is 11.7 Å². The summed E-state index contributed by atoms with van der Waals surface area (Å²) in [6, 6.07) is 12.3. The van der Waals surface area contributed by atoms with Gasteiger partial charge in [-0.25, -0.2) is 4.98 Å². The first-order valence-corrected chi connectivity index (χ1v) is 16.0. The summed E-state index contributed by atoms with van der Waals surface area (Å²) in [5, 5.41) is 3.32. The van der Waals surface area contributed by atoms with E-state index in [1.807, 2.05) is 13.1 Å². The summed E-state index contributed by atoms with van der Waals surface area (Å²) in [6.07, 6.45) is 14.1. The van der Waals surface area contributed by atoms with Crippen LogP contribution in [-0.2, 0) is 9.59 Å². The molecule has 1 saturated heterocycles. The second-order valence-corrected chi connectivity index (χ2v) is 12.9. The molecule has 0 radical (unpaired) electrons. The number of aromatic nitrogens is 2. The molecule has 1 spiro atoms. The third-order valence-electron chi connectivity index (χ3n) is 9.75. The van der Waals surface area contributed by atoms with Gasteiger partial charge >= 0.3 is 0 Å². The highest BCUT2D eigenvalue weighted by Crippen LogP contribution is 2.59. The van der Waals surface area contributed by atoms with Crippen LogP contribution in [0.3, 0.4) is 0 Å². The number of unbranched alkanes of at least 4 members (excludes halogenated alkanes) is 2. The van der Waals surface area contributed by atoms with Gasteiger partial charge in [0.2, 0.25) is 11.8 Å². The predicted molar refractivity (Wildman–Crippen MR) is 164 cm³/mol.